The molecule has 0 radical (unpaired) electrons. The molecular weight excluding hydrogens is 410 g/mol. The van der Waals surface area contributed by atoms with Crippen LogP contribution in [-0.2, 0) is 6.54 Å². The molecule has 5 nitrogen and oxygen atoms in total. The van der Waals surface area contributed by atoms with Crippen LogP contribution < -0.4 is 10.2 Å². The van der Waals surface area contributed by atoms with Crippen LogP contribution >= 0.6 is 11.6 Å². The topological polar surface area (TPSA) is 52.7 Å². The van der Waals surface area contributed by atoms with E-state index in [9.17, 15) is 9.59 Å². The molecule has 1 heterocycles. The quantitative estimate of drug-likeness (QED) is 0.558. The summed E-state index contributed by atoms with van der Waals surface area (Å²) in [6.45, 7) is 3.76. The van der Waals surface area contributed by atoms with Gasteiger partial charge in [0.2, 0.25) is 0 Å². The fourth-order valence-corrected chi connectivity index (χ4v) is 4.01. The highest BCUT2D eigenvalue weighted by atomic mass is 35.5. The average molecular weight is 434 g/mol. The van der Waals surface area contributed by atoms with Crippen LogP contribution in [0.1, 0.15) is 27.9 Å². The van der Waals surface area contributed by atoms with Crippen molar-refractivity contribution in [3.05, 3.63) is 94.5 Å². The van der Waals surface area contributed by atoms with E-state index in [1.165, 1.54) is 0 Å². The van der Waals surface area contributed by atoms with Crippen LogP contribution in [0.3, 0.4) is 0 Å². The summed E-state index contributed by atoms with van der Waals surface area (Å²) in [5.41, 5.74) is 3.98. The van der Waals surface area contributed by atoms with E-state index in [0.29, 0.717) is 35.9 Å². The average Bonchev–Trinajstić information content (AvgIpc) is 2.76. The van der Waals surface area contributed by atoms with E-state index in [0.717, 1.165) is 23.2 Å². The van der Waals surface area contributed by atoms with Gasteiger partial charge in [0.25, 0.3) is 5.91 Å². The Labute approximate surface area is 187 Å². The standard InChI is InChI=1S/C25H24ClN3O2/c1-18-7-2-3-12-23(18)24(30)27-21-10-5-11-22(16-21)29-14-6-13-28(25(29)31)17-19-8-4-9-20(26)15-19/h2-5,7-12,15-16H,6,13-14,17H2,1H3,(H,27,30). The SMILES string of the molecule is Cc1ccccc1C(=O)Nc1cccc(N2CCCN(Cc3cccc(Cl)c3)C2=O)c1. The molecular formula is C25H24ClN3O2. The van der Waals surface area contributed by atoms with Gasteiger partial charge in [0.15, 0.2) is 0 Å². The first kappa shape index (κ1) is 20.9. The molecule has 0 atom stereocenters. The van der Waals surface area contributed by atoms with Gasteiger partial charge in [0, 0.05) is 41.6 Å². The molecule has 0 saturated carbocycles. The normalized spacial score (nSPS) is 13.9. The monoisotopic (exact) mass is 433 g/mol. The summed E-state index contributed by atoms with van der Waals surface area (Å²) in [6, 6.07) is 22.4. The Balaban J connectivity index is 1.49. The van der Waals surface area contributed by atoms with Crippen molar-refractivity contribution < 1.29 is 9.59 Å². The Morgan fingerprint density at radius 3 is 2.61 bits per heavy atom. The van der Waals surface area contributed by atoms with Gasteiger partial charge in [0.1, 0.15) is 0 Å². The molecule has 0 bridgehead atoms. The predicted molar refractivity (Wildman–Crippen MR) is 125 cm³/mol. The summed E-state index contributed by atoms with van der Waals surface area (Å²) in [6.07, 6.45) is 0.867. The number of hydrogen-bond donors (Lipinski definition) is 1. The molecule has 31 heavy (non-hydrogen) atoms. The van der Waals surface area contributed by atoms with E-state index < -0.39 is 0 Å². The van der Waals surface area contributed by atoms with E-state index in [4.69, 9.17) is 11.6 Å². The molecule has 3 amide bonds. The number of amides is 3. The Kier molecular flexibility index (Phi) is 6.23. The highest BCUT2D eigenvalue weighted by Crippen LogP contribution is 2.25. The largest absolute Gasteiger partial charge is 0.324 e. The fraction of sp³-hybridized carbons (Fsp3) is 0.200. The molecule has 158 valence electrons. The van der Waals surface area contributed by atoms with Gasteiger partial charge in [-0.15, -0.1) is 0 Å². The molecule has 1 saturated heterocycles. The molecule has 1 aliphatic heterocycles. The zero-order chi connectivity index (χ0) is 21.8. The Bertz CT molecular complexity index is 1120. The number of aryl methyl sites for hydroxylation is 1. The molecule has 0 aliphatic carbocycles. The number of urea groups is 1. The van der Waals surface area contributed by atoms with Crippen molar-refractivity contribution >= 4 is 34.9 Å². The van der Waals surface area contributed by atoms with Crippen LogP contribution in [0.5, 0.6) is 0 Å². The minimum Gasteiger partial charge on any atom is -0.322 e. The number of carbonyl (C=O) groups is 2. The Morgan fingerprint density at radius 1 is 1.00 bits per heavy atom. The third-order valence-electron chi connectivity index (χ3n) is 5.38. The molecule has 1 N–H and O–H groups in total. The number of anilines is 2. The van der Waals surface area contributed by atoms with E-state index in [2.05, 4.69) is 5.32 Å². The van der Waals surface area contributed by atoms with Crippen LogP contribution in [0, 0.1) is 6.92 Å². The number of halogens is 1. The zero-order valence-corrected chi connectivity index (χ0v) is 18.1. The third kappa shape index (κ3) is 4.89. The van der Waals surface area contributed by atoms with Crippen molar-refractivity contribution in [1.82, 2.24) is 4.90 Å². The lowest BCUT2D eigenvalue weighted by Gasteiger charge is -2.36. The molecule has 1 fully saturated rings. The number of hydrogen-bond acceptors (Lipinski definition) is 2. The maximum Gasteiger partial charge on any atom is 0.324 e. The van der Waals surface area contributed by atoms with E-state index in [-0.39, 0.29) is 11.9 Å². The number of carbonyl (C=O) groups excluding carboxylic acids is 2. The third-order valence-corrected chi connectivity index (χ3v) is 5.61. The van der Waals surface area contributed by atoms with Crippen molar-refractivity contribution in [3.8, 4) is 0 Å². The van der Waals surface area contributed by atoms with Gasteiger partial charge in [-0.1, -0.05) is 48.0 Å². The van der Waals surface area contributed by atoms with Gasteiger partial charge < -0.3 is 10.2 Å². The van der Waals surface area contributed by atoms with Gasteiger partial charge in [-0.25, -0.2) is 4.79 Å². The number of nitrogens with one attached hydrogen (secondary N) is 1. The summed E-state index contributed by atoms with van der Waals surface area (Å²) in [7, 11) is 0. The lowest BCUT2D eigenvalue weighted by atomic mass is 10.1. The van der Waals surface area contributed by atoms with Crippen molar-refractivity contribution in [2.75, 3.05) is 23.3 Å². The first-order valence-electron chi connectivity index (χ1n) is 10.3. The number of rotatable bonds is 5. The number of benzene rings is 3. The Morgan fingerprint density at radius 2 is 1.81 bits per heavy atom. The second-order valence-electron chi connectivity index (χ2n) is 7.66. The molecule has 4 rings (SSSR count). The molecule has 0 spiro atoms. The predicted octanol–water partition coefficient (Wildman–Crippen LogP) is 5.73. The maximum absolute atomic E-state index is 13.1. The van der Waals surface area contributed by atoms with Crippen molar-refractivity contribution in [2.45, 2.75) is 19.9 Å². The van der Waals surface area contributed by atoms with Gasteiger partial charge in [-0.2, -0.15) is 0 Å². The van der Waals surface area contributed by atoms with Crippen LogP contribution in [0.25, 0.3) is 0 Å². The van der Waals surface area contributed by atoms with Crippen LogP contribution in [0.2, 0.25) is 5.02 Å². The summed E-state index contributed by atoms with van der Waals surface area (Å²) in [5.74, 6) is -0.164. The smallest absolute Gasteiger partial charge is 0.322 e. The number of nitrogens with zero attached hydrogens (tertiary/aromatic N) is 2. The van der Waals surface area contributed by atoms with E-state index in [1.807, 2.05) is 78.6 Å². The maximum atomic E-state index is 13.1. The van der Waals surface area contributed by atoms with Crippen LogP contribution in [0.15, 0.2) is 72.8 Å². The van der Waals surface area contributed by atoms with Gasteiger partial charge in [0.05, 0.1) is 0 Å². The second-order valence-corrected chi connectivity index (χ2v) is 8.10. The summed E-state index contributed by atoms with van der Waals surface area (Å²) < 4.78 is 0. The second kappa shape index (κ2) is 9.23. The van der Waals surface area contributed by atoms with Crippen molar-refractivity contribution in [1.29, 1.82) is 0 Å². The summed E-state index contributed by atoms with van der Waals surface area (Å²) in [4.78, 5) is 29.4. The van der Waals surface area contributed by atoms with Gasteiger partial charge in [-0.3, -0.25) is 9.69 Å². The fourth-order valence-electron chi connectivity index (χ4n) is 3.80. The van der Waals surface area contributed by atoms with E-state index in [1.54, 1.807) is 11.0 Å². The van der Waals surface area contributed by atoms with Gasteiger partial charge in [-0.05, 0) is 60.9 Å². The van der Waals surface area contributed by atoms with Crippen molar-refractivity contribution in [2.24, 2.45) is 0 Å². The van der Waals surface area contributed by atoms with Crippen molar-refractivity contribution in [3.63, 3.8) is 0 Å². The van der Waals surface area contributed by atoms with E-state index >= 15 is 0 Å². The van der Waals surface area contributed by atoms with Crippen LogP contribution in [-0.4, -0.2) is 29.9 Å². The minimum atomic E-state index is -0.164. The van der Waals surface area contributed by atoms with Gasteiger partial charge >= 0.3 is 6.03 Å². The molecule has 3 aromatic rings. The molecule has 0 aromatic heterocycles. The molecule has 3 aromatic carbocycles. The first-order valence-corrected chi connectivity index (χ1v) is 10.7. The summed E-state index contributed by atoms with van der Waals surface area (Å²) in [5, 5.41) is 3.61. The summed E-state index contributed by atoms with van der Waals surface area (Å²) >= 11 is 6.09. The zero-order valence-electron chi connectivity index (χ0n) is 17.3. The first-order chi connectivity index (χ1) is 15.0. The molecule has 1 aliphatic rings. The van der Waals surface area contributed by atoms with Crippen LogP contribution in [0.4, 0.5) is 16.2 Å². The highest BCUT2D eigenvalue weighted by molar-refractivity contribution is 6.30. The molecule has 0 unspecified atom stereocenters. The molecule has 6 heteroatoms. The lowest BCUT2D eigenvalue weighted by molar-refractivity contribution is 0.102. The minimum absolute atomic E-state index is 0.0476. The lowest BCUT2D eigenvalue weighted by Crippen LogP contribution is -2.49. The highest BCUT2D eigenvalue weighted by Gasteiger charge is 2.27. The Hall–Kier alpha value is -3.31.